The lowest BCUT2D eigenvalue weighted by atomic mass is 10.2. The standard InChI is InChI=1S/C20H18ClN3O2/c1-25-20-12-16(13-23-24-18-8-10-22-11-9-18)4-7-19(20)26-14-15-2-5-17(21)6-3-15/h2-13H,14H2,1H3,(H,22,24)/b23-13+. The van der Waals surface area contributed by atoms with Gasteiger partial charge in [-0.2, -0.15) is 5.10 Å². The summed E-state index contributed by atoms with van der Waals surface area (Å²) in [4.78, 5) is 3.96. The number of aromatic nitrogens is 1. The quantitative estimate of drug-likeness (QED) is 0.483. The van der Waals surface area contributed by atoms with E-state index in [-0.39, 0.29) is 0 Å². The molecule has 0 aliphatic carbocycles. The molecule has 0 amide bonds. The van der Waals surface area contributed by atoms with Gasteiger partial charge in [-0.3, -0.25) is 10.4 Å². The van der Waals surface area contributed by atoms with Crippen molar-refractivity contribution in [2.75, 3.05) is 12.5 Å². The van der Waals surface area contributed by atoms with Crippen LogP contribution in [-0.2, 0) is 6.61 Å². The van der Waals surface area contributed by atoms with Crippen LogP contribution in [0.15, 0.2) is 72.1 Å². The lowest BCUT2D eigenvalue weighted by Gasteiger charge is -2.11. The molecule has 0 spiro atoms. The molecular formula is C20H18ClN3O2. The van der Waals surface area contributed by atoms with Crippen LogP contribution in [0.1, 0.15) is 11.1 Å². The zero-order chi connectivity index (χ0) is 18.2. The van der Waals surface area contributed by atoms with E-state index < -0.39 is 0 Å². The first-order chi connectivity index (χ1) is 12.7. The minimum Gasteiger partial charge on any atom is -0.493 e. The number of methoxy groups -OCH3 is 1. The number of hydrogen-bond acceptors (Lipinski definition) is 5. The van der Waals surface area contributed by atoms with Gasteiger partial charge < -0.3 is 9.47 Å². The summed E-state index contributed by atoms with van der Waals surface area (Å²) in [5.74, 6) is 1.31. The van der Waals surface area contributed by atoms with Crippen molar-refractivity contribution in [1.82, 2.24) is 4.98 Å². The van der Waals surface area contributed by atoms with Gasteiger partial charge in [0.05, 0.1) is 19.0 Å². The molecule has 0 atom stereocenters. The smallest absolute Gasteiger partial charge is 0.161 e. The monoisotopic (exact) mass is 367 g/mol. The Hall–Kier alpha value is -3.05. The van der Waals surface area contributed by atoms with Crippen LogP contribution in [-0.4, -0.2) is 18.3 Å². The summed E-state index contributed by atoms with van der Waals surface area (Å²) in [7, 11) is 1.61. The summed E-state index contributed by atoms with van der Waals surface area (Å²) in [6, 6.07) is 16.9. The molecule has 1 N–H and O–H groups in total. The molecule has 132 valence electrons. The van der Waals surface area contributed by atoms with Crippen LogP contribution >= 0.6 is 11.6 Å². The maximum atomic E-state index is 5.89. The van der Waals surface area contributed by atoms with Crippen LogP contribution < -0.4 is 14.9 Å². The maximum absolute atomic E-state index is 5.89. The van der Waals surface area contributed by atoms with Crippen LogP contribution in [0, 0.1) is 0 Å². The summed E-state index contributed by atoms with van der Waals surface area (Å²) in [6.45, 7) is 0.435. The lowest BCUT2D eigenvalue weighted by molar-refractivity contribution is 0.284. The van der Waals surface area contributed by atoms with Gasteiger partial charge in [-0.15, -0.1) is 0 Å². The molecule has 1 heterocycles. The largest absolute Gasteiger partial charge is 0.493 e. The molecule has 5 nitrogen and oxygen atoms in total. The van der Waals surface area contributed by atoms with E-state index in [0.29, 0.717) is 23.1 Å². The van der Waals surface area contributed by atoms with Crippen LogP contribution in [0.3, 0.4) is 0 Å². The van der Waals surface area contributed by atoms with Gasteiger partial charge in [0, 0.05) is 17.4 Å². The van der Waals surface area contributed by atoms with Crippen LogP contribution in [0.25, 0.3) is 0 Å². The topological polar surface area (TPSA) is 55.7 Å². The van der Waals surface area contributed by atoms with E-state index in [9.17, 15) is 0 Å². The van der Waals surface area contributed by atoms with Gasteiger partial charge in [-0.05, 0) is 53.6 Å². The molecule has 0 radical (unpaired) electrons. The Bertz CT molecular complexity index is 868. The second-order valence-electron chi connectivity index (χ2n) is 5.43. The lowest BCUT2D eigenvalue weighted by Crippen LogP contribution is -1.98. The van der Waals surface area contributed by atoms with Crippen molar-refractivity contribution < 1.29 is 9.47 Å². The predicted molar refractivity (Wildman–Crippen MR) is 104 cm³/mol. The number of nitrogens with one attached hydrogen (secondary N) is 1. The average Bonchev–Trinajstić information content (AvgIpc) is 2.69. The first-order valence-electron chi connectivity index (χ1n) is 7.99. The highest BCUT2D eigenvalue weighted by molar-refractivity contribution is 6.30. The first-order valence-corrected chi connectivity index (χ1v) is 8.37. The number of benzene rings is 2. The molecule has 0 aliphatic heterocycles. The zero-order valence-electron chi connectivity index (χ0n) is 14.2. The third-order valence-electron chi connectivity index (χ3n) is 3.58. The van der Waals surface area contributed by atoms with Crippen molar-refractivity contribution in [3.05, 3.63) is 83.1 Å². The third kappa shape index (κ3) is 4.97. The number of hydrogen-bond donors (Lipinski definition) is 1. The number of pyridine rings is 1. The molecule has 26 heavy (non-hydrogen) atoms. The van der Waals surface area contributed by atoms with Gasteiger partial charge in [0.2, 0.25) is 0 Å². The van der Waals surface area contributed by atoms with Crippen molar-refractivity contribution in [1.29, 1.82) is 0 Å². The van der Waals surface area contributed by atoms with Crippen LogP contribution in [0.4, 0.5) is 5.69 Å². The SMILES string of the molecule is COc1cc(/C=N/Nc2ccncc2)ccc1OCc1ccc(Cl)cc1. The normalized spacial score (nSPS) is 10.7. The fourth-order valence-corrected chi connectivity index (χ4v) is 2.36. The number of nitrogens with zero attached hydrogens (tertiary/aromatic N) is 2. The Morgan fingerprint density at radius 1 is 1.04 bits per heavy atom. The van der Waals surface area contributed by atoms with Gasteiger partial charge in [-0.1, -0.05) is 23.7 Å². The zero-order valence-corrected chi connectivity index (χ0v) is 15.0. The van der Waals surface area contributed by atoms with Gasteiger partial charge in [0.15, 0.2) is 11.5 Å². The number of hydrazone groups is 1. The van der Waals surface area contributed by atoms with E-state index in [1.165, 1.54) is 0 Å². The summed E-state index contributed by atoms with van der Waals surface area (Å²) < 4.78 is 11.3. The van der Waals surface area contributed by atoms with E-state index in [1.54, 1.807) is 25.7 Å². The van der Waals surface area contributed by atoms with E-state index >= 15 is 0 Å². The van der Waals surface area contributed by atoms with Crippen molar-refractivity contribution in [3.63, 3.8) is 0 Å². The number of ether oxygens (including phenoxy) is 2. The van der Waals surface area contributed by atoms with E-state index in [2.05, 4.69) is 15.5 Å². The minimum atomic E-state index is 0.435. The number of rotatable bonds is 7. The Balaban J connectivity index is 1.64. The number of anilines is 1. The molecule has 0 aliphatic rings. The van der Waals surface area contributed by atoms with Gasteiger partial charge in [0.1, 0.15) is 6.61 Å². The van der Waals surface area contributed by atoms with Crippen molar-refractivity contribution >= 4 is 23.5 Å². The summed E-state index contributed by atoms with van der Waals surface area (Å²) in [5.41, 5.74) is 5.73. The Labute approximate surface area is 157 Å². The van der Waals surface area contributed by atoms with E-state index in [1.807, 2.05) is 54.6 Å². The summed E-state index contributed by atoms with van der Waals surface area (Å²) >= 11 is 5.89. The molecule has 0 fully saturated rings. The molecular weight excluding hydrogens is 350 g/mol. The molecule has 2 aromatic carbocycles. The molecule has 0 bridgehead atoms. The van der Waals surface area contributed by atoms with Gasteiger partial charge in [-0.25, -0.2) is 0 Å². The molecule has 6 heteroatoms. The highest BCUT2D eigenvalue weighted by atomic mass is 35.5. The maximum Gasteiger partial charge on any atom is 0.161 e. The van der Waals surface area contributed by atoms with Crippen LogP contribution in [0.5, 0.6) is 11.5 Å². The predicted octanol–water partition coefficient (Wildman–Crippen LogP) is 4.77. The van der Waals surface area contributed by atoms with E-state index in [4.69, 9.17) is 21.1 Å². The summed E-state index contributed by atoms with van der Waals surface area (Å²) in [5, 5.41) is 4.91. The Morgan fingerprint density at radius 2 is 1.81 bits per heavy atom. The van der Waals surface area contributed by atoms with Crippen molar-refractivity contribution in [2.24, 2.45) is 5.10 Å². The second kappa shape index (κ2) is 8.87. The molecule has 0 saturated heterocycles. The third-order valence-corrected chi connectivity index (χ3v) is 3.83. The molecule has 1 aromatic heterocycles. The minimum absolute atomic E-state index is 0.435. The first kappa shape index (κ1) is 17.8. The Morgan fingerprint density at radius 3 is 2.54 bits per heavy atom. The molecule has 3 aromatic rings. The fourth-order valence-electron chi connectivity index (χ4n) is 2.23. The van der Waals surface area contributed by atoms with Gasteiger partial charge >= 0.3 is 0 Å². The van der Waals surface area contributed by atoms with Crippen LogP contribution in [0.2, 0.25) is 5.02 Å². The highest BCUT2D eigenvalue weighted by Gasteiger charge is 2.06. The Kier molecular flexibility index (Phi) is 6.06. The fraction of sp³-hybridized carbons (Fsp3) is 0.100. The number of halogens is 1. The molecule has 3 rings (SSSR count). The molecule has 0 saturated carbocycles. The molecule has 0 unspecified atom stereocenters. The van der Waals surface area contributed by atoms with Crippen molar-refractivity contribution in [2.45, 2.75) is 6.61 Å². The van der Waals surface area contributed by atoms with Gasteiger partial charge in [0.25, 0.3) is 0 Å². The second-order valence-corrected chi connectivity index (χ2v) is 5.87. The van der Waals surface area contributed by atoms with Crippen molar-refractivity contribution in [3.8, 4) is 11.5 Å². The average molecular weight is 368 g/mol. The summed E-state index contributed by atoms with van der Waals surface area (Å²) in [6.07, 6.45) is 5.12. The highest BCUT2D eigenvalue weighted by Crippen LogP contribution is 2.28. The van der Waals surface area contributed by atoms with E-state index in [0.717, 1.165) is 16.8 Å².